The quantitative estimate of drug-likeness (QED) is 0.774. The number of carbonyl (C=O) groups excluding carboxylic acids is 2. The third-order valence-corrected chi connectivity index (χ3v) is 5.25. The van der Waals surface area contributed by atoms with Crippen molar-refractivity contribution in [1.82, 2.24) is 10.2 Å². The first-order valence-corrected chi connectivity index (χ1v) is 8.96. The van der Waals surface area contributed by atoms with E-state index in [2.05, 4.69) is 17.4 Å². The molecule has 6 nitrogen and oxygen atoms in total. The second kappa shape index (κ2) is 7.14. The Morgan fingerprint density at radius 2 is 2.16 bits per heavy atom. The highest BCUT2D eigenvalue weighted by Gasteiger charge is 2.46. The van der Waals surface area contributed by atoms with Crippen LogP contribution < -0.4 is 5.32 Å². The number of nitrogens with zero attached hydrogens (tertiary/aromatic N) is 1. The van der Waals surface area contributed by atoms with Gasteiger partial charge >= 0.3 is 6.03 Å². The second-order valence-electron chi connectivity index (χ2n) is 7.10. The summed E-state index contributed by atoms with van der Waals surface area (Å²) in [5.74, 6) is -0.290. The molecule has 25 heavy (non-hydrogen) atoms. The number of aliphatic hydroxyl groups is 1. The lowest BCUT2D eigenvalue weighted by molar-refractivity contribution is -0.132. The fourth-order valence-corrected chi connectivity index (χ4v) is 3.53. The van der Waals surface area contributed by atoms with Crippen LogP contribution in [0.5, 0.6) is 0 Å². The fourth-order valence-electron chi connectivity index (χ4n) is 3.53. The molecule has 1 aliphatic carbocycles. The summed E-state index contributed by atoms with van der Waals surface area (Å²) in [6.45, 7) is 3.60. The first kappa shape index (κ1) is 17.9. The highest BCUT2D eigenvalue weighted by molar-refractivity contribution is 6.06. The summed E-state index contributed by atoms with van der Waals surface area (Å²) in [7, 11) is 0. The second-order valence-corrected chi connectivity index (χ2v) is 7.10. The maximum atomic E-state index is 12.4. The van der Waals surface area contributed by atoms with E-state index in [1.165, 1.54) is 11.1 Å². The number of hydrogen-bond acceptors (Lipinski definition) is 4. The molecule has 0 aromatic heterocycles. The van der Waals surface area contributed by atoms with Crippen molar-refractivity contribution in [3.63, 3.8) is 0 Å². The minimum atomic E-state index is -0.900. The predicted molar refractivity (Wildman–Crippen MR) is 93.0 cm³/mol. The van der Waals surface area contributed by atoms with Gasteiger partial charge in [0.15, 0.2) is 0 Å². The van der Waals surface area contributed by atoms with Gasteiger partial charge in [0, 0.05) is 0 Å². The Bertz CT molecular complexity index is 663. The van der Waals surface area contributed by atoms with Crippen LogP contribution in [-0.2, 0) is 16.0 Å². The van der Waals surface area contributed by atoms with Gasteiger partial charge in [-0.1, -0.05) is 31.2 Å². The van der Waals surface area contributed by atoms with E-state index in [1.54, 1.807) is 6.92 Å². The molecule has 2 N–H and O–H groups in total. The van der Waals surface area contributed by atoms with Crippen LogP contribution in [0.1, 0.15) is 50.3 Å². The zero-order valence-corrected chi connectivity index (χ0v) is 14.8. The monoisotopic (exact) mass is 346 g/mol. The third-order valence-electron chi connectivity index (χ3n) is 5.25. The maximum absolute atomic E-state index is 12.4. The number of β-amino-alcohol motifs (C(OH)–C–C–N with tert-alkyl or cyclic N) is 1. The number of benzene rings is 1. The normalized spacial score (nSPS) is 27.2. The lowest BCUT2D eigenvalue weighted by atomic mass is 9.89. The number of nitrogens with one attached hydrogen (secondary N) is 1. The number of hydrogen-bond donors (Lipinski definition) is 2. The Morgan fingerprint density at radius 3 is 2.88 bits per heavy atom. The zero-order valence-electron chi connectivity index (χ0n) is 14.8. The van der Waals surface area contributed by atoms with Crippen LogP contribution in [0.3, 0.4) is 0 Å². The van der Waals surface area contributed by atoms with E-state index in [4.69, 9.17) is 4.74 Å². The summed E-state index contributed by atoms with van der Waals surface area (Å²) < 4.78 is 5.91. The Kier molecular flexibility index (Phi) is 5.11. The van der Waals surface area contributed by atoms with Crippen molar-refractivity contribution >= 4 is 11.9 Å². The minimum Gasteiger partial charge on any atom is -0.389 e. The average molecular weight is 346 g/mol. The molecule has 2 aliphatic rings. The Hall–Kier alpha value is -1.92. The first-order chi connectivity index (χ1) is 11.9. The molecule has 3 amide bonds. The molecule has 1 saturated heterocycles. The number of rotatable bonds is 6. The molecule has 3 atom stereocenters. The van der Waals surface area contributed by atoms with Gasteiger partial charge in [0.1, 0.15) is 5.54 Å². The molecular formula is C19H26N2O4. The summed E-state index contributed by atoms with van der Waals surface area (Å²) in [6, 6.07) is 7.75. The van der Waals surface area contributed by atoms with Gasteiger partial charge in [-0.3, -0.25) is 9.69 Å². The van der Waals surface area contributed by atoms with E-state index in [-0.39, 0.29) is 25.2 Å². The number of imide groups is 1. The molecule has 1 aliphatic heterocycles. The molecule has 0 saturated carbocycles. The number of aliphatic hydroxyl groups excluding tert-OH is 1. The van der Waals surface area contributed by atoms with Crippen molar-refractivity contribution < 1.29 is 19.4 Å². The van der Waals surface area contributed by atoms with Gasteiger partial charge in [-0.25, -0.2) is 4.79 Å². The van der Waals surface area contributed by atoms with Gasteiger partial charge in [-0.05, 0) is 43.7 Å². The summed E-state index contributed by atoms with van der Waals surface area (Å²) in [5, 5.41) is 13.0. The smallest absolute Gasteiger partial charge is 0.325 e. The summed E-state index contributed by atoms with van der Waals surface area (Å²) in [4.78, 5) is 25.5. The lowest BCUT2D eigenvalue weighted by Gasteiger charge is -2.27. The highest BCUT2D eigenvalue weighted by atomic mass is 16.5. The molecule has 0 spiro atoms. The summed E-state index contributed by atoms with van der Waals surface area (Å²) >= 11 is 0. The van der Waals surface area contributed by atoms with Crippen LogP contribution in [0.2, 0.25) is 0 Å². The van der Waals surface area contributed by atoms with Crippen molar-refractivity contribution in [2.45, 2.75) is 57.3 Å². The number of urea groups is 1. The molecule has 0 bridgehead atoms. The van der Waals surface area contributed by atoms with Gasteiger partial charge in [-0.2, -0.15) is 0 Å². The molecule has 136 valence electrons. The Labute approximate surface area is 148 Å². The Balaban J connectivity index is 1.57. The van der Waals surface area contributed by atoms with E-state index < -0.39 is 17.7 Å². The molecule has 3 rings (SSSR count). The van der Waals surface area contributed by atoms with Crippen LogP contribution >= 0.6 is 0 Å². The molecule has 1 aromatic rings. The molecule has 0 radical (unpaired) electrons. The van der Waals surface area contributed by atoms with E-state index in [1.807, 2.05) is 19.1 Å². The predicted octanol–water partition coefficient (Wildman–Crippen LogP) is 2.16. The standard InChI is InChI=1S/C19H26N2O4/c1-3-19(2)17(23)21(18(24)20-19)11-14(22)12-25-16-10-6-8-13-7-4-5-9-15(13)16/h4-5,7,9,14,16,22H,3,6,8,10-12H2,1-2H3,(H,20,24)/t14-,16+,19-/m0/s1. The fraction of sp³-hybridized carbons (Fsp3) is 0.579. The minimum absolute atomic E-state index is 0.0383. The number of fused-ring (bicyclic) bond motifs is 1. The SMILES string of the molecule is CC[C@]1(C)NC(=O)N(C[C@H](O)CO[C@@H]2CCCc3ccccc32)C1=O. The van der Waals surface area contributed by atoms with Gasteiger partial charge in [-0.15, -0.1) is 0 Å². The maximum Gasteiger partial charge on any atom is 0.325 e. The molecule has 1 fully saturated rings. The van der Waals surface area contributed by atoms with Crippen LogP contribution in [0, 0.1) is 0 Å². The van der Waals surface area contributed by atoms with E-state index in [9.17, 15) is 14.7 Å². The van der Waals surface area contributed by atoms with E-state index >= 15 is 0 Å². The van der Waals surface area contributed by atoms with Crippen LogP contribution in [0.15, 0.2) is 24.3 Å². The van der Waals surface area contributed by atoms with Crippen molar-refractivity contribution in [2.24, 2.45) is 0 Å². The molecule has 0 unspecified atom stereocenters. The van der Waals surface area contributed by atoms with Crippen LogP contribution in [0.4, 0.5) is 4.79 Å². The molecule has 1 heterocycles. The van der Waals surface area contributed by atoms with Gasteiger partial charge in [0.2, 0.25) is 0 Å². The Morgan fingerprint density at radius 1 is 1.40 bits per heavy atom. The molecule has 6 heteroatoms. The topological polar surface area (TPSA) is 78.9 Å². The lowest BCUT2D eigenvalue weighted by Crippen LogP contribution is -2.44. The molecular weight excluding hydrogens is 320 g/mol. The summed E-state index contributed by atoms with van der Waals surface area (Å²) in [6.07, 6.45) is 2.60. The van der Waals surface area contributed by atoms with Crippen LogP contribution in [0.25, 0.3) is 0 Å². The first-order valence-electron chi connectivity index (χ1n) is 8.96. The van der Waals surface area contributed by atoms with E-state index in [0.29, 0.717) is 6.42 Å². The summed E-state index contributed by atoms with van der Waals surface area (Å²) in [5.41, 5.74) is 1.59. The third kappa shape index (κ3) is 3.55. The largest absolute Gasteiger partial charge is 0.389 e. The van der Waals surface area contributed by atoms with Crippen LogP contribution in [-0.4, -0.2) is 46.7 Å². The van der Waals surface area contributed by atoms with E-state index in [0.717, 1.165) is 24.2 Å². The van der Waals surface area contributed by atoms with Crippen molar-refractivity contribution in [2.75, 3.05) is 13.2 Å². The van der Waals surface area contributed by atoms with Gasteiger partial charge in [0.25, 0.3) is 5.91 Å². The van der Waals surface area contributed by atoms with Crippen molar-refractivity contribution in [3.8, 4) is 0 Å². The van der Waals surface area contributed by atoms with Crippen molar-refractivity contribution in [1.29, 1.82) is 0 Å². The van der Waals surface area contributed by atoms with Gasteiger partial charge in [0.05, 0.1) is 25.4 Å². The number of aryl methyl sites for hydroxylation is 1. The van der Waals surface area contributed by atoms with Crippen molar-refractivity contribution in [3.05, 3.63) is 35.4 Å². The zero-order chi connectivity index (χ0) is 18.0. The molecule has 1 aromatic carbocycles. The number of carbonyl (C=O) groups is 2. The van der Waals surface area contributed by atoms with Gasteiger partial charge < -0.3 is 15.2 Å². The number of ether oxygens (including phenoxy) is 1. The average Bonchev–Trinajstić information content (AvgIpc) is 2.83. The highest BCUT2D eigenvalue weighted by Crippen LogP contribution is 2.32. The number of amides is 3.